The summed E-state index contributed by atoms with van der Waals surface area (Å²) >= 11 is 0. The highest BCUT2D eigenvalue weighted by Gasteiger charge is 1.99. The van der Waals surface area contributed by atoms with Gasteiger partial charge in [0.15, 0.2) is 0 Å². The zero-order valence-corrected chi connectivity index (χ0v) is 10.8. The van der Waals surface area contributed by atoms with Crippen molar-refractivity contribution < 1.29 is 0 Å². The maximum absolute atomic E-state index is 3.43. The minimum Gasteiger partial charge on any atom is -0.383 e. The van der Waals surface area contributed by atoms with Gasteiger partial charge in [0.25, 0.3) is 0 Å². The molecule has 0 aliphatic carbocycles. The van der Waals surface area contributed by atoms with Crippen LogP contribution >= 0.6 is 0 Å². The van der Waals surface area contributed by atoms with Crippen LogP contribution < -0.4 is 5.32 Å². The fourth-order valence-corrected chi connectivity index (χ4v) is 1.96. The Kier molecular flexibility index (Phi) is 3.52. The molecule has 0 aliphatic rings. The first-order chi connectivity index (χ1) is 8.13. The van der Waals surface area contributed by atoms with Crippen LogP contribution in [0.5, 0.6) is 0 Å². The highest BCUT2D eigenvalue weighted by molar-refractivity contribution is 5.46. The quantitative estimate of drug-likeness (QED) is 0.845. The van der Waals surface area contributed by atoms with Gasteiger partial charge in [-0.1, -0.05) is 12.1 Å². The zero-order valence-electron chi connectivity index (χ0n) is 10.8. The number of hydrogen-bond donors (Lipinski definition) is 1. The molecule has 0 fully saturated rings. The molecule has 0 saturated heterocycles. The lowest BCUT2D eigenvalue weighted by molar-refractivity contribution is 0.803. The Hall–Kier alpha value is -1.70. The summed E-state index contributed by atoms with van der Waals surface area (Å²) < 4.78 is 2.21. The topological polar surface area (TPSA) is 17.0 Å². The number of nitrogens with zero attached hydrogens (tertiary/aromatic N) is 1. The number of anilines is 1. The molecular weight excluding hydrogens is 208 g/mol. The molecule has 1 aromatic heterocycles. The Morgan fingerprint density at radius 1 is 1.24 bits per heavy atom. The monoisotopic (exact) mass is 228 g/mol. The van der Waals surface area contributed by atoms with Gasteiger partial charge in [-0.2, -0.15) is 0 Å². The first kappa shape index (κ1) is 11.8. The first-order valence-electron chi connectivity index (χ1n) is 6.11. The van der Waals surface area contributed by atoms with Crippen LogP contribution in [-0.4, -0.2) is 10.6 Å². The Labute approximate surface area is 103 Å². The van der Waals surface area contributed by atoms with Crippen LogP contribution in [0.1, 0.15) is 25.0 Å². The van der Waals surface area contributed by atoms with Crippen molar-refractivity contribution in [3.8, 4) is 0 Å². The van der Waals surface area contributed by atoms with E-state index in [1.165, 1.54) is 16.8 Å². The molecule has 2 heteroatoms. The van der Waals surface area contributed by atoms with Crippen molar-refractivity contribution in [2.75, 3.05) is 5.32 Å². The van der Waals surface area contributed by atoms with Crippen LogP contribution in [0.25, 0.3) is 0 Å². The third kappa shape index (κ3) is 3.38. The third-order valence-electron chi connectivity index (χ3n) is 2.65. The molecule has 0 amide bonds. The Bertz CT molecular complexity index is 483. The molecule has 0 radical (unpaired) electrons. The van der Waals surface area contributed by atoms with Crippen molar-refractivity contribution in [1.29, 1.82) is 0 Å². The SMILES string of the molecule is Cc1ccn(Cc2cccc(NC(C)C)c2)c1. The second-order valence-electron chi connectivity index (χ2n) is 4.86. The van der Waals surface area contributed by atoms with Crippen molar-refractivity contribution in [1.82, 2.24) is 4.57 Å². The number of nitrogens with one attached hydrogen (secondary N) is 1. The Morgan fingerprint density at radius 2 is 2.06 bits per heavy atom. The second kappa shape index (κ2) is 5.09. The van der Waals surface area contributed by atoms with E-state index in [9.17, 15) is 0 Å². The molecule has 1 heterocycles. The van der Waals surface area contributed by atoms with Crippen LogP contribution in [0.15, 0.2) is 42.7 Å². The summed E-state index contributed by atoms with van der Waals surface area (Å²) in [6.45, 7) is 7.36. The molecule has 0 aliphatic heterocycles. The molecule has 1 N–H and O–H groups in total. The Balaban J connectivity index is 2.10. The summed E-state index contributed by atoms with van der Waals surface area (Å²) in [6.07, 6.45) is 4.29. The van der Waals surface area contributed by atoms with Crippen LogP contribution in [0.4, 0.5) is 5.69 Å². The van der Waals surface area contributed by atoms with Crippen LogP contribution in [0, 0.1) is 6.92 Å². The minimum absolute atomic E-state index is 0.471. The van der Waals surface area contributed by atoms with Gasteiger partial charge in [0.1, 0.15) is 0 Å². The van der Waals surface area contributed by atoms with Gasteiger partial charge >= 0.3 is 0 Å². The number of benzene rings is 1. The highest BCUT2D eigenvalue weighted by Crippen LogP contribution is 2.13. The zero-order chi connectivity index (χ0) is 12.3. The van der Waals surface area contributed by atoms with Gasteiger partial charge < -0.3 is 9.88 Å². The molecule has 90 valence electrons. The summed E-state index contributed by atoms with van der Waals surface area (Å²) in [6, 6.07) is 11.2. The van der Waals surface area contributed by atoms with E-state index in [1.54, 1.807) is 0 Å². The van der Waals surface area contributed by atoms with Crippen molar-refractivity contribution in [2.45, 2.75) is 33.4 Å². The smallest absolute Gasteiger partial charge is 0.0471 e. The summed E-state index contributed by atoms with van der Waals surface area (Å²) in [7, 11) is 0. The molecule has 1 aromatic carbocycles. The van der Waals surface area contributed by atoms with Gasteiger partial charge in [-0.05, 0) is 50.1 Å². The van der Waals surface area contributed by atoms with Crippen LogP contribution in [0.2, 0.25) is 0 Å². The van der Waals surface area contributed by atoms with Gasteiger partial charge in [-0.25, -0.2) is 0 Å². The van der Waals surface area contributed by atoms with E-state index in [0.29, 0.717) is 6.04 Å². The molecule has 2 aromatic rings. The average Bonchev–Trinajstić information content (AvgIpc) is 2.63. The largest absolute Gasteiger partial charge is 0.383 e. The average molecular weight is 228 g/mol. The number of aryl methyl sites for hydroxylation is 1. The number of aromatic nitrogens is 1. The van der Waals surface area contributed by atoms with E-state index in [-0.39, 0.29) is 0 Å². The normalized spacial score (nSPS) is 10.8. The van der Waals surface area contributed by atoms with Crippen molar-refractivity contribution >= 4 is 5.69 Å². The van der Waals surface area contributed by atoms with Gasteiger partial charge in [0, 0.05) is 30.7 Å². The predicted molar refractivity (Wildman–Crippen MR) is 73.5 cm³/mol. The molecule has 0 spiro atoms. The van der Waals surface area contributed by atoms with Crippen LogP contribution in [0.3, 0.4) is 0 Å². The van der Waals surface area contributed by atoms with Crippen molar-refractivity contribution in [3.05, 3.63) is 53.9 Å². The van der Waals surface area contributed by atoms with Gasteiger partial charge in [-0.15, -0.1) is 0 Å². The van der Waals surface area contributed by atoms with E-state index in [1.807, 2.05) is 0 Å². The second-order valence-corrected chi connectivity index (χ2v) is 4.86. The lowest BCUT2D eigenvalue weighted by atomic mass is 10.2. The molecule has 0 saturated carbocycles. The summed E-state index contributed by atoms with van der Waals surface area (Å²) in [5, 5.41) is 3.43. The van der Waals surface area contributed by atoms with E-state index < -0.39 is 0 Å². The Morgan fingerprint density at radius 3 is 2.71 bits per heavy atom. The molecule has 17 heavy (non-hydrogen) atoms. The van der Waals surface area contributed by atoms with Gasteiger partial charge in [0.2, 0.25) is 0 Å². The lowest BCUT2D eigenvalue weighted by Crippen LogP contribution is -2.09. The fourth-order valence-electron chi connectivity index (χ4n) is 1.96. The molecule has 0 bridgehead atoms. The highest BCUT2D eigenvalue weighted by atomic mass is 14.9. The molecule has 2 rings (SSSR count). The molecule has 2 nitrogen and oxygen atoms in total. The van der Waals surface area contributed by atoms with Crippen molar-refractivity contribution in [2.24, 2.45) is 0 Å². The summed E-state index contributed by atoms with van der Waals surface area (Å²) in [4.78, 5) is 0. The van der Waals surface area contributed by atoms with E-state index >= 15 is 0 Å². The lowest BCUT2D eigenvalue weighted by Gasteiger charge is -2.11. The number of rotatable bonds is 4. The first-order valence-corrected chi connectivity index (χ1v) is 6.11. The van der Waals surface area contributed by atoms with Crippen molar-refractivity contribution in [3.63, 3.8) is 0 Å². The maximum Gasteiger partial charge on any atom is 0.0471 e. The van der Waals surface area contributed by atoms with Crippen LogP contribution in [-0.2, 0) is 6.54 Å². The molecular formula is C15H20N2. The summed E-state index contributed by atoms with van der Waals surface area (Å²) in [5.74, 6) is 0. The van der Waals surface area contributed by atoms with E-state index in [4.69, 9.17) is 0 Å². The van der Waals surface area contributed by atoms with Gasteiger partial charge in [0.05, 0.1) is 0 Å². The van der Waals surface area contributed by atoms with E-state index in [0.717, 1.165) is 6.54 Å². The predicted octanol–water partition coefficient (Wildman–Crippen LogP) is 3.67. The molecule has 0 atom stereocenters. The third-order valence-corrected chi connectivity index (χ3v) is 2.65. The molecule has 0 unspecified atom stereocenters. The maximum atomic E-state index is 3.43. The minimum atomic E-state index is 0.471. The number of hydrogen-bond acceptors (Lipinski definition) is 1. The van der Waals surface area contributed by atoms with Gasteiger partial charge in [-0.3, -0.25) is 0 Å². The fraction of sp³-hybridized carbons (Fsp3) is 0.333. The summed E-state index contributed by atoms with van der Waals surface area (Å²) in [5.41, 5.74) is 3.83. The van der Waals surface area contributed by atoms with E-state index in [2.05, 4.69) is 73.4 Å². The standard InChI is InChI=1S/C15H20N2/c1-12(2)16-15-6-4-5-14(9-15)11-17-8-7-13(3)10-17/h4-10,12,16H,11H2,1-3H3.